The van der Waals surface area contributed by atoms with Crippen LogP contribution in [0.2, 0.25) is 0 Å². The van der Waals surface area contributed by atoms with Gasteiger partial charge in [0, 0.05) is 25.7 Å². The summed E-state index contributed by atoms with van der Waals surface area (Å²) in [6.45, 7) is 4.56. The van der Waals surface area contributed by atoms with Crippen LogP contribution in [0.5, 0.6) is 0 Å². The summed E-state index contributed by atoms with van der Waals surface area (Å²) in [7, 11) is 1.27. The van der Waals surface area contributed by atoms with E-state index in [1.807, 2.05) is 6.92 Å². The smallest absolute Gasteiger partial charge is 0.337 e. The molecule has 0 N–H and O–H groups in total. The Balaban J connectivity index is 2.34. The summed E-state index contributed by atoms with van der Waals surface area (Å²) in [6.07, 6.45) is 0.538. The van der Waals surface area contributed by atoms with Gasteiger partial charge in [-0.05, 0) is 12.3 Å². The van der Waals surface area contributed by atoms with Gasteiger partial charge >= 0.3 is 17.9 Å². The van der Waals surface area contributed by atoms with E-state index in [1.54, 1.807) is 0 Å². The van der Waals surface area contributed by atoms with Gasteiger partial charge in [0.05, 0.1) is 18.9 Å². The fourth-order valence-electron chi connectivity index (χ4n) is 3.33. The summed E-state index contributed by atoms with van der Waals surface area (Å²) >= 11 is 0. The molecule has 1 aliphatic heterocycles. The van der Waals surface area contributed by atoms with Crippen molar-refractivity contribution in [3.8, 4) is 0 Å². The number of hydrogen-bond donors (Lipinski definition) is 0. The van der Waals surface area contributed by atoms with Gasteiger partial charge in [-0.1, -0.05) is 6.92 Å². The van der Waals surface area contributed by atoms with Crippen LogP contribution in [0.25, 0.3) is 0 Å². The van der Waals surface area contributed by atoms with Crippen molar-refractivity contribution in [1.82, 2.24) is 0 Å². The molecular formula is C15H20O7. The van der Waals surface area contributed by atoms with Gasteiger partial charge in [0.25, 0.3) is 0 Å². The predicted octanol–water partition coefficient (Wildman–Crippen LogP) is 1.17. The van der Waals surface area contributed by atoms with Gasteiger partial charge in [-0.2, -0.15) is 0 Å². The molecule has 0 amide bonds. The summed E-state index contributed by atoms with van der Waals surface area (Å²) in [6, 6.07) is 0. The standard InChI is InChI=1S/C15H20O7/c1-7-5-11(21-8(2)16)13-10(14(18)19-4)6-20-15(12(7)13)22-9(3)17/h6-7,11-13,15H,5H2,1-4H3/t7-,11+,12+,13-,15-/m0/s1. The lowest BCUT2D eigenvalue weighted by Crippen LogP contribution is -2.41. The number of methoxy groups -OCH3 is 1. The molecule has 1 aliphatic carbocycles. The molecule has 22 heavy (non-hydrogen) atoms. The van der Waals surface area contributed by atoms with E-state index in [4.69, 9.17) is 18.9 Å². The third-order valence-electron chi connectivity index (χ3n) is 4.10. The van der Waals surface area contributed by atoms with E-state index < -0.39 is 36.2 Å². The molecular weight excluding hydrogens is 292 g/mol. The van der Waals surface area contributed by atoms with Crippen LogP contribution in [-0.4, -0.2) is 37.4 Å². The Labute approximate surface area is 128 Å². The molecule has 0 spiro atoms. The minimum absolute atomic E-state index is 0.0482. The van der Waals surface area contributed by atoms with Gasteiger partial charge < -0.3 is 18.9 Å². The van der Waals surface area contributed by atoms with Gasteiger partial charge in [-0.15, -0.1) is 0 Å². The van der Waals surface area contributed by atoms with Crippen LogP contribution in [0, 0.1) is 17.8 Å². The Kier molecular flexibility index (Phi) is 4.73. The Bertz CT molecular complexity index is 510. The number of carbonyl (C=O) groups excluding carboxylic acids is 3. The molecule has 2 aliphatic rings. The second-order valence-corrected chi connectivity index (χ2v) is 5.64. The second kappa shape index (κ2) is 6.37. The van der Waals surface area contributed by atoms with Crippen molar-refractivity contribution in [2.75, 3.05) is 7.11 Å². The van der Waals surface area contributed by atoms with Crippen molar-refractivity contribution in [3.05, 3.63) is 11.8 Å². The first-order valence-corrected chi connectivity index (χ1v) is 7.13. The lowest BCUT2D eigenvalue weighted by molar-refractivity contribution is -0.188. The Morgan fingerprint density at radius 1 is 1.18 bits per heavy atom. The van der Waals surface area contributed by atoms with Crippen LogP contribution in [0.4, 0.5) is 0 Å². The number of rotatable bonds is 3. The molecule has 7 heteroatoms. The van der Waals surface area contributed by atoms with Crippen LogP contribution in [0.15, 0.2) is 11.8 Å². The minimum atomic E-state index is -0.800. The first-order chi connectivity index (χ1) is 10.3. The number of ether oxygens (including phenoxy) is 4. The first-order valence-electron chi connectivity index (χ1n) is 7.13. The summed E-state index contributed by atoms with van der Waals surface area (Å²) in [4.78, 5) is 34.5. The molecule has 0 aromatic heterocycles. The first kappa shape index (κ1) is 16.3. The van der Waals surface area contributed by atoms with Crippen molar-refractivity contribution in [2.24, 2.45) is 17.8 Å². The van der Waals surface area contributed by atoms with E-state index in [9.17, 15) is 14.4 Å². The maximum atomic E-state index is 12.0. The molecule has 1 heterocycles. The lowest BCUT2D eigenvalue weighted by Gasteiger charge is -2.35. The van der Waals surface area contributed by atoms with Crippen LogP contribution in [-0.2, 0) is 33.3 Å². The van der Waals surface area contributed by atoms with Crippen molar-refractivity contribution < 1.29 is 33.3 Å². The van der Waals surface area contributed by atoms with Gasteiger partial charge in [0.15, 0.2) is 0 Å². The van der Waals surface area contributed by atoms with Crippen molar-refractivity contribution in [3.63, 3.8) is 0 Å². The monoisotopic (exact) mass is 312 g/mol. The van der Waals surface area contributed by atoms with E-state index in [-0.39, 0.29) is 11.8 Å². The number of fused-ring (bicyclic) bond motifs is 1. The third-order valence-corrected chi connectivity index (χ3v) is 4.10. The Hall–Kier alpha value is -2.05. The summed E-state index contributed by atoms with van der Waals surface area (Å²) in [5.41, 5.74) is 0.298. The third kappa shape index (κ3) is 3.08. The average Bonchev–Trinajstić information content (AvgIpc) is 2.74. The SMILES string of the molecule is COC(=O)C1=CO[C@@H](OC(C)=O)[C@H]2[C@@H]1[C@H](OC(C)=O)C[C@@H]2C. The highest BCUT2D eigenvalue weighted by Gasteiger charge is 2.54. The Morgan fingerprint density at radius 3 is 2.36 bits per heavy atom. The van der Waals surface area contributed by atoms with E-state index in [0.717, 1.165) is 0 Å². The molecule has 2 rings (SSSR count). The number of hydrogen-bond acceptors (Lipinski definition) is 7. The molecule has 0 saturated heterocycles. The van der Waals surface area contributed by atoms with Gasteiger partial charge in [0.1, 0.15) is 6.10 Å². The molecule has 1 fully saturated rings. The van der Waals surface area contributed by atoms with Crippen LogP contribution >= 0.6 is 0 Å². The maximum absolute atomic E-state index is 12.0. The van der Waals surface area contributed by atoms with Crippen LogP contribution in [0.3, 0.4) is 0 Å². The van der Waals surface area contributed by atoms with E-state index >= 15 is 0 Å². The molecule has 1 saturated carbocycles. The Morgan fingerprint density at radius 2 is 1.82 bits per heavy atom. The van der Waals surface area contributed by atoms with E-state index in [0.29, 0.717) is 12.0 Å². The molecule has 122 valence electrons. The van der Waals surface area contributed by atoms with Gasteiger partial charge in [-0.25, -0.2) is 4.79 Å². The highest BCUT2D eigenvalue weighted by atomic mass is 16.7. The maximum Gasteiger partial charge on any atom is 0.337 e. The van der Waals surface area contributed by atoms with Crippen molar-refractivity contribution >= 4 is 17.9 Å². The highest BCUT2D eigenvalue weighted by Crippen LogP contribution is 2.48. The predicted molar refractivity (Wildman–Crippen MR) is 73.1 cm³/mol. The van der Waals surface area contributed by atoms with E-state index in [1.165, 1.54) is 27.2 Å². The topological polar surface area (TPSA) is 88.1 Å². The second-order valence-electron chi connectivity index (χ2n) is 5.64. The molecule has 0 aromatic carbocycles. The zero-order chi connectivity index (χ0) is 16.4. The fraction of sp³-hybridized carbons (Fsp3) is 0.667. The largest absolute Gasteiger partial charge is 0.466 e. The normalized spacial score (nSPS) is 33.1. The zero-order valence-corrected chi connectivity index (χ0v) is 13.0. The molecule has 5 atom stereocenters. The minimum Gasteiger partial charge on any atom is -0.466 e. The molecule has 0 bridgehead atoms. The van der Waals surface area contributed by atoms with Crippen LogP contribution in [0.1, 0.15) is 27.2 Å². The van der Waals surface area contributed by atoms with Crippen LogP contribution < -0.4 is 0 Å². The quantitative estimate of drug-likeness (QED) is 0.571. The van der Waals surface area contributed by atoms with Crippen molar-refractivity contribution in [1.29, 1.82) is 0 Å². The van der Waals surface area contributed by atoms with E-state index in [2.05, 4.69) is 0 Å². The average molecular weight is 312 g/mol. The fourth-order valence-corrected chi connectivity index (χ4v) is 3.33. The summed E-state index contributed by atoms with van der Waals surface area (Å²) in [5, 5.41) is 0. The van der Waals surface area contributed by atoms with Crippen molar-refractivity contribution in [2.45, 2.75) is 39.6 Å². The highest BCUT2D eigenvalue weighted by molar-refractivity contribution is 5.89. The molecule has 0 unspecified atom stereocenters. The number of esters is 3. The summed E-state index contributed by atoms with van der Waals surface area (Å²) in [5.74, 6) is -2.06. The van der Waals surface area contributed by atoms with Gasteiger partial charge in [0.2, 0.25) is 6.29 Å². The molecule has 0 radical (unpaired) electrons. The molecule has 0 aromatic rings. The summed E-state index contributed by atoms with van der Waals surface area (Å²) < 4.78 is 20.7. The van der Waals surface area contributed by atoms with Gasteiger partial charge in [-0.3, -0.25) is 9.59 Å². The number of carbonyl (C=O) groups is 3. The molecule has 7 nitrogen and oxygen atoms in total. The zero-order valence-electron chi connectivity index (χ0n) is 13.0. The lowest BCUT2D eigenvalue weighted by atomic mass is 9.82.